The molecule has 15 nitrogen and oxygen atoms in total. The zero-order valence-electron chi connectivity index (χ0n) is 26.3. The number of carboxylic acids is 1. The Bertz CT molecular complexity index is 1520. The lowest BCUT2D eigenvalue weighted by Gasteiger charge is -2.35. The molecule has 5 amide bonds. The van der Waals surface area contributed by atoms with Crippen molar-refractivity contribution in [1.29, 1.82) is 0 Å². The molecule has 5 rings (SSSR count). The summed E-state index contributed by atoms with van der Waals surface area (Å²) in [5, 5.41) is 15.5. The Balaban J connectivity index is 1.28. The molecule has 2 atom stereocenters. The highest BCUT2D eigenvalue weighted by molar-refractivity contribution is 5.99. The minimum Gasteiger partial charge on any atom is -0.483 e. The molecule has 47 heavy (non-hydrogen) atoms. The SMILES string of the molecule is CCOC(=O)N1CCN(C(=O)C(CCC(=O)O)NC(=O)c2cc(OCC(=O)N3CCCC3C(=O)NC3CC3)c3ccccc3n2)CC1. The van der Waals surface area contributed by atoms with Crippen molar-refractivity contribution in [3.8, 4) is 5.75 Å². The number of fused-ring (bicyclic) bond motifs is 1. The van der Waals surface area contributed by atoms with Crippen molar-refractivity contribution in [2.24, 2.45) is 0 Å². The third-order valence-electron chi connectivity index (χ3n) is 8.43. The average Bonchev–Trinajstić information content (AvgIpc) is 3.74. The number of carbonyl (C=O) groups is 6. The molecule has 0 bridgehead atoms. The monoisotopic (exact) mass is 652 g/mol. The first-order chi connectivity index (χ1) is 22.6. The molecule has 252 valence electrons. The van der Waals surface area contributed by atoms with Gasteiger partial charge in [-0.25, -0.2) is 9.78 Å². The minimum absolute atomic E-state index is 0.0886. The van der Waals surface area contributed by atoms with Crippen LogP contribution in [-0.4, -0.2) is 125 Å². The Morgan fingerprint density at radius 3 is 2.43 bits per heavy atom. The van der Waals surface area contributed by atoms with Gasteiger partial charge in [-0.1, -0.05) is 12.1 Å². The third kappa shape index (κ3) is 8.45. The molecule has 2 aliphatic heterocycles. The van der Waals surface area contributed by atoms with Gasteiger partial charge in [0.1, 0.15) is 23.5 Å². The summed E-state index contributed by atoms with van der Waals surface area (Å²) in [5.74, 6) is -2.62. The predicted molar refractivity (Wildman–Crippen MR) is 166 cm³/mol. The second-order valence-electron chi connectivity index (χ2n) is 11.8. The molecule has 1 aromatic heterocycles. The van der Waals surface area contributed by atoms with Crippen LogP contribution in [0.25, 0.3) is 10.9 Å². The van der Waals surface area contributed by atoms with Gasteiger partial charge in [0.15, 0.2) is 6.61 Å². The van der Waals surface area contributed by atoms with Gasteiger partial charge in [0.05, 0.1) is 12.1 Å². The van der Waals surface area contributed by atoms with Gasteiger partial charge in [0.2, 0.25) is 11.8 Å². The van der Waals surface area contributed by atoms with Crippen LogP contribution in [0, 0.1) is 0 Å². The Kier molecular flexibility index (Phi) is 10.7. The summed E-state index contributed by atoms with van der Waals surface area (Å²) in [4.78, 5) is 85.2. The van der Waals surface area contributed by atoms with Crippen molar-refractivity contribution in [2.45, 2.75) is 63.6 Å². The Hall–Kier alpha value is -4.95. The van der Waals surface area contributed by atoms with Crippen molar-refractivity contribution in [3.05, 3.63) is 36.0 Å². The summed E-state index contributed by atoms with van der Waals surface area (Å²) in [6, 6.07) is 6.76. The highest BCUT2D eigenvalue weighted by Gasteiger charge is 2.37. The van der Waals surface area contributed by atoms with Gasteiger partial charge in [0.25, 0.3) is 11.8 Å². The highest BCUT2D eigenvalue weighted by Crippen LogP contribution is 2.27. The second-order valence-corrected chi connectivity index (χ2v) is 11.8. The van der Waals surface area contributed by atoms with E-state index in [0.29, 0.717) is 30.3 Å². The van der Waals surface area contributed by atoms with Crippen molar-refractivity contribution in [3.63, 3.8) is 0 Å². The van der Waals surface area contributed by atoms with Gasteiger partial charge in [-0.3, -0.25) is 24.0 Å². The van der Waals surface area contributed by atoms with E-state index in [1.807, 2.05) is 0 Å². The molecule has 3 fully saturated rings. The van der Waals surface area contributed by atoms with Crippen molar-refractivity contribution < 1.29 is 43.3 Å². The van der Waals surface area contributed by atoms with E-state index in [2.05, 4.69) is 15.6 Å². The van der Waals surface area contributed by atoms with Crippen LogP contribution in [-0.2, 0) is 23.9 Å². The van der Waals surface area contributed by atoms with Crippen molar-refractivity contribution in [2.75, 3.05) is 45.9 Å². The Morgan fingerprint density at radius 1 is 1.00 bits per heavy atom. The van der Waals surface area contributed by atoms with Gasteiger partial charge >= 0.3 is 12.1 Å². The molecule has 3 N–H and O–H groups in total. The number of para-hydroxylation sites is 1. The van der Waals surface area contributed by atoms with Gasteiger partial charge in [0, 0.05) is 56.6 Å². The van der Waals surface area contributed by atoms with Crippen LogP contribution in [0.2, 0.25) is 0 Å². The maximum Gasteiger partial charge on any atom is 0.409 e. The number of carboxylic acid groups (broad SMARTS) is 1. The number of hydrogen-bond acceptors (Lipinski definition) is 9. The number of piperazine rings is 1. The fourth-order valence-corrected chi connectivity index (χ4v) is 5.77. The van der Waals surface area contributed by atoms with E-state index >= 15 is 0 Å². The maximum absolute atomic E-state index is 13.5. The fraction of sp³-hybridized carbons (Fsp3) is 0.531. The molecule has 15 heteroatoms. The zero-order chi connectivity index (χ0) is 33.5. The molecule has 0 spiro atoms. The van der Waals surface area contributed by atoms with E-state index in [0.717, 1.165) is 12.8 Å². The fourth-order valence-electron chi connectivity index (χ4n) is 5.77. The number of carbonyl (C=O) groups excluding carboxylic acids is 5. The highest BCUT2D eigenvalue weighted by atomic mass is 16.6. The molecule has 1 aromatic carbocycles. The number of nitrogens with one attached hydrogen (secondary N) is 2. The molecular weight excluding hydrogens is 612 g/mol. The Labute approximate surface area is 271 Å². The number of ether oxygens (including phenoxy) is 2. The summed E-state index contributed by atoms with van der Waals surface area (Å²) in [6.45, 7) is 2.87. The number of aliphatic carboxylic acids is 1. The topological polar surface area (TPSA) is 188 Å². The molecule has 3 heterocycles. The number of likely N-dealkylation sites (tertiary alicyclic amines) is 1. The van der Waals surface area contributed by atoms with E-state index in [1.165, 1.54) is 20.8 Å². The summed E-state index contributed by atoms with van der Waals surface area (Å²) < 4.78 is 11.0. The first-order valence-corrected chi connectivity index (χ1v) is 16.0. The number of pyridine rings is 1. The van der Waals surface area contributed by atoms with Crippen LogP contribution in [0.4, 0.5) is 4.79 Å². The minimum atomic E-state index is -1.17. The smallest absolute Gasteiger partial charge is 0.409 e. The molecule has 2 saturated heterocycles. The van der Waals surface area contributed by atoms with Crippen molar-refractivity contribution >= 4 is 46.6 Å². The lowest BCUT2D eigenvalue weighted by molar-refractivity contribution is -0.140. The van der Waals surface area contributed by atoms with Crippen LogP contribution >= 0.6 is 0 Å². The average molecular weight is 653 g/mol. The van der Waals surface area contributed by atoms with Crippen molar-refractivity contribution in [1.82, 2.24) is 30.3 Å². The number of amides is 5. The second kappa shape index (κ2) is 15.1. The first kappa shape index (κ1) is 33.4. The quantitative estimate of drug-likeness (QED) is 0.300. The number of rotatable bonds is 12. The molecule has 1 aliphatic carbocycles. The number of hydrogen-bond donors (Lipinski definition) is 3. The van der Waals surface area contributed by atoms with E-state index in [1.54, 1.807) is 31.2 Å². The van der Waals surface area contributed by atoms with Crippen LogP contribution in [0.5, 0.6) is 5.75 Å². The normalized spacial score (nSPS) is 18.4. The predicted octanol–water partition coefficient (Wildman–Crippen LogP) is 1.15. The molecule has 3 aliphatic rings. The lowest BCUT2D eigenvalue weighted by Crippen LogP contribution is -2.56. The molecule has 1 saturated carbocycles. The number of benzene rings is 1. The summed E-state index contributed by atoms with van der Waals surface area (Å²) >= 11 is 0. The first-order valence-electron chi connectivity index (χ1n) is 16.0. The summed E-state index contributed by atoms with van der Waals surface area (Å²) in [5.41, 5.74) is 0.322. The number of nitrogens with zero attached hydrogens (tertiary/aromatic N) is 4. The molecule has 2 unspecified atom stereocenters. The summed E-state index contributed by atoms with van der Waals surface area (Å²) in [7, 11) is 0. The van der Waals surface area contributed by atoms with Crippen LogP contribution in [0.1, 0.15) is 55.9 Å². The Morgan fingerprint density at radius 2 is 1.72 bits per heavy atom. The van der Waals surface area contributed by atoms with E-state index in [9.17, 15) is 33.9 Å². The standard InChI is InChI=1S/C32H40N6O9/c1-2-46-32(45)37-16-14-36(15-17-37)31(44)23(11-12-28(40)41)35-29(42)24-18-26(21-6-3-4-7-22(21)34-24)47-19-27(39)38-13-5-8-25(38)30(43)33-20-9-10-20/h3-4,6-7,18,20,23,25H,2,5,8-17,19H2,1H3,(H,33,43)(H,35,42)(H,40,41). The lowest BCUT2D eigenvalue weighted by atomic mass is 10.1. The molecular formula is C32H40N6O9. The van der Waals surface area contributed by atoms with Crippen LogP contribution in [0.15, 0.2) is 30.3 Å². The summed E-state index contributed by atoms with van der Waals surface area (Å²) in [6.07, 6.45) is 2.19. The maximum atomic E-state index is 13.5. The van der Waals surface area contributed by atoms with Gasteiger partial charge in [-0.15, -0.1) is 0 Å². The number of aromatic nitrogens is 1. The van der Waals surface area contributed by atoms with Crippen LogP contribution in [0.3, 0.4) is 0 Å². The third-order valence-corrected chi connectivity index (χ3v) is 8.43. The van der Waals surface area contributed by atoms with Gasteiger partial charge in [-0.2, -0.15) is 0 Å². The van der Waals surface area contributed by atoms with E-state index < -0.39 is 36.0 Å². The molecule has 0 radical (unpaired) electrons. The van der Waals surface area contributed by atoms with E-state index in [4.69, 9.17) is 9.47 Å². The van der Waals surface area contributed by atoms with E-state index in [-0.39, 0.29) is 81.5 Å². The largest absolute Gasteiger partial charge is 0.483 e. The van der Waals surface area contributed by atoms with Gasteiger partial charge in [-0.05, 0) is 51.2 Å². The van der Waals surface area contributed by atoms with Gasteiger partial charge < -0.3 is 39.9 Å². The zero-order valence-corrected chi connectivity index (χ0v) is 26.3. The van der Waals surface area contributed by atoms with Crippen LogP contribution < -0.4 is 15.4 Å². The molecule has 2 aromatic rings.